The molecule has 0 aliphatic heterocycles. The highest BCUT2D eigenvalue weighted by Gasteiger charge is 2.19. The molecule has 5 nitrogen and oxygen atoms in total. The third-order valence-electron chi connectivity index (χ3n) is 5.41. The molecule has 182 valence electrons. The van der Waals surface area contributed by atoms with Crippen molar-refractivity contribution in [1.29, 1.82) is 0 Å². The first-order valence-corrected chi connectivity index (χ1v) is 11.5. The number of anilines is 2. The number of hydrazine groups is 1. The molecule has 5 N–H and O–H groups in total. The Bertz CT molecular complexity index is 1090. The Labute approximate surface area is 203 Å². The van der Waals surface area contributed by atoms with Crippen LogP contribution < -0.4 is 21.5 Å². The van der Waals surface area contributed by atoms with Crippen molar-refractivity contribution in [2.45, 2.75) is 33.7 Å². The van der Waals surface area contributed by atoms with Gasteiger partial charge in [-0.25, -0.2) is 9.82 Å². The predicted molar refractivity (Wildman–Crippen MR) is 146 cm³/mol. The van der Waals surface area contributed by atoms with Gasteiger partial charge in [0.05, 0.1) is 5.69 Å². The van der Waals surface area contributed by atoms with Crippen LogP contribution in [0.25, 0.3) is 22.8 Å². The smallest absolute Gasteiger partial charge is 0.123 e. The second-order valence-electron chi connectivity index (χ2n) is 8.39. The maximum atomic E-state index is 13.9. The third kappa shape index (κ3) is 6.83. The largest absolute Gasteiger partial charge is 0.398 e. The van der Waals surface area contributed by atoms with Gasteiger partial charge in [0.15, 0.2) is 0 Å². The average molecular weight is 464 g/mol. The molecule has 0 bridgehead atoms. The summed E-state index contributed by atoms with van der Waals surface area (Å²) in [4.78, 5) is 3.53. The highest BCUT2D eigenvalue weighted by Crippen LogP contribution is 2.38. The summed E-state index contributed by atoms with van der Waals surface area (Å²) in [6, 6.07) is 15.2. The molecule has 34 heavy (non-hydrogen) atoms. The van der Waals surface area contributed by atoms with Gasteiger partial charge in [0.25, 0.3) is 0 Å². The Morgan fingerprint density at radius 3 is 2.47 bits per heavy atom. The van der Waals surface area contributed by atoms with Crippen molar-refractivity contribution in [3.05, 3.63) is 84.5 Å². The Balaban J connectivity index is 0.00000199. The van der Waals surface area contributed by atoms with Crippen LogP contribution in [-0.4, -0.2) is 31.2 Å². The van der Waals surface area contributed by atoms with Crippen molar-refractivity contribution < 1.29 is 4.39 Å². The Kier molecular flexibility index (Phi) is 10.1. The first-order chi connectivity index (χ1) is 16.3. The lowest BCUT2D eigenvalue weighted by Gasteiger charge is -2.23. The number of halogens is 1. The lowest BCUT2D eigenvalue weighted by atomic mass is 9.99. The Hall–Kier alpha value is -3.35. The summed E-state index contributed by atoms with van der Waals surface area (Å²) in [6.45, 7) is 16.0. The highest BCUT2D eigenvalue weighted by molar-refractivity contribution is 5.93. The number of nitrogens with two attached hydrogens (primary N) is 1. The molecule has 0 aliphatic rings. The lowest BCUT2D eigenvalue weighted by molar-refractivity contribution is 0.553. The number of hydrogen-bond donors (Lipinski definition) is 4. The first kappa shape index (κ1) is 26.9. The zero-order valence-corrected chi connectivity index (χ0v) is 21.0. The number of hydrogen-bond acceptors (Lipinski definition) is 4. The van der Waals surface area contributed by atoms with Gasteiger partial charge in [-0.3, -0.25) is 0 Å². The normalized spacial score (nSPS) is 11.3. The van der Waals surface area contributed by atoms with Crippen LogP contribution in [0.3, 0.4) is 0 Å². The molecule has 0 unspecified atom stereocenters. The van der Waals surface area contributed by atoms with E-state index in [-0.39, 0.29) is 5.82 Å². The van der Waals surface area contributed by atoms with Gasteiger partial charge in [0.1, 0.15) is 5.82 Å². The van der Waals surface area contributed by atoms with Gasteiger partial charge in [0.2, 0.25) is 0 Å². The fourth-order valence-corrected chi connectivity index (χ4v) is 3.89. The van der Waals surface area contributed by atoms with E-state index in [1.807, 2.05) is 38.2 Å². The zero-order chi connectivity index (χ0) is 25.3. The average Bonchev–Trinajstić information content (AvgIpc) is 3.15. The summed E-state index contributed by atoms with van der Waals surface area (Å²) >= 11 is 0. The monoisotopic (exact) mass is 463 g/mol. The number of aromatic amines is 1. The van der Waals surface area contributed by atoms with Crippen molar-refractivity contribution in [1.82, 2.24) is 15.7 Å². The number of nitrogens with one attached hydrogen (secondary N) is 3. The number of benzene rings is 2. The molecule has 3 aromatic rings. The summed E-state index contributed by atoms with van der Waals surface area (Å²) in [5.74, 6) is -0.299. The fourth-order valence-electron chi connectivity index (χ4n) is 3.89. The van der Waals surface area contributed by atoms with Gasteiger partial charge in [0, 0.05) is 54.4 Å². The van der Waals surface area contributed by atoms with E-state index in [0.29, 0.717) is 17.3 Å². The molecule has 0 saturated carbocycles. The quantitative estimate of drug-likeness (QED) is 0.136. The van der Waals surface area contributed by atoms with Crippen molar-refractivity contribution in [3.8, 4) is 11.1 Å². The molecular weight excluding hydrogens is 425 g/mol. The van der Waals surface area contributed by atoms with E-state index in [1.54, 1.807) is 6.07 Å². The molecule has 0 aliphatic carbocycles. The summed E-state index contributed by atoms with van der Waals surface area (Å²) < 4.78 is 13.9. The van der Waals surface area contributed by atoms with Crippen LogP contribution in [0.4, 0.5) is 15.8 Å². The van der Waals surface area contributed by atoms with Crippen molar-refractivity contribution in [2.75, 3.05) is 30.9 Å². The molecule has 0 atom stereocenters. The van der Waals surface area contributed by atoms with Crippen LogP contribution in [0.2, 0.25) is 0 Å². The van der Waals surface area contributed by atoms with Crippen molar-refractivity contribution in [3.63, 3.8) is 0 Å². The number of H-pyrrole nitrogens is 1. The van der Waals surface area contributed by atoms with Crippen LogP contribution in [0.15, 0.2) is 61.7 Å². The molecule has 0 fully saturated rings. The molecule has 0 amide bonds. The first-order valence-electron chi connectivity index (χ1n) is 11.5. The maximum Gasteiger partial charge on any atom is 0.123 e. The Morgan fingerprint density at radius 1 is 1.15 bits per heavy atom. The Morgan fingerprint density at radius 2 is 1.82 bits per heavy atom. The van der Waals surface area contributed by atoms with Gasteiger partial charge >= 0.3 is 0 Å². The number of aromatic nitrogens is 1. The molecule has 0 saturated heterocycles. The molecular formula is C28H38FN5. The van der Waals surface area contributed by atoms with Crippen molar-refractivity contribution >= 4 is 23.0 Å². The standard InChI is InChI=1S/C26H34FN5.C2H4/c1-17(2)29-13-14-30-32(5)26-19(4)31-24(25(26)20-9-7-6-8-10-20)15-18(3)22-16-21(27)11-12-23(22)28;1-2/h6-12,15-17,29-31H,13-14,28H2,1-5H3;1-2H2/b18-15+;. The van der Waals surface area contributed by atoms with Crippen LogP contribution >= 0.6 is 0 Å². The van der Waals surface area contributed by atoms with E-state index in [0.717, 1.165) is 46.9 Å². The summed E-state index contributed by atoms with van der Waals surface area (Å²) in [5, 5.41) is 5.49. The summed E-state index contributed by atoms with van der Waals surface area (Å²) in [5.41, 5.74) is 17.0. The molecule has 2 aromatic carbocycles. The maximum absolute atomic E-state index is 13.9. The van der Waals surface area contributed by atoms with E-state index >= 15 is 0 Å². The number of nitrogen functional groups attached to an aromatic ring is 1. The van der Waals surface area contributed by atoms with E-state index < -0.39 is 0 Å². The minimum Gasteiger partial charge on any atom is -0.398 e. The molecule has 1 heterocycles. The fraction of sp³-hybridized carbons (Fsp3) is 0.286. The van der Waals surface area contributed by atoms with Crippen LogP contribution in [0.5, 0.6) is 0 Å². The van der Waals surface area contributed by atoms with E-state index in [2.05, 4.69) is 66.8 Å². The topological polar surface area (TPSA) is 69.1 Å². The molecule has 0 radical (unpaired) electrons. The predicted octanol–water partition coefficient (Wildman–Crippen LogP) is 6.01. The lowest BCUT2D eigenvalue weighted by Crippen LogP contribution is -2.40. The minimum atomic E-state index is -0.299. The molecule has 3 rings (SSSR count). The minimum absolute atomic E-state index is 0.299. The van der Waals surface area contributed by atoms with Gasteiger partial charge in [-0.15, -0.1) is 13.2 Å². The van der Waals surface area contributed by atoms with Crippen LogP contribution in [0.1, 0.15) is 37.7 Å². The SMILES string of the molecule is C/C(=C\c1[nH]c(C)c(N(C)NCCNC(C)C)c1-c1ccccc1)c1cc(F)ccc1N.C=C. The zero-order valence-electron chi connectivity index (χ0n) is 21.0. The van der Waals surface area contributed by atoms with E-state index in [4.69, 9.17) is 5.73 Å². The summed E-state index contributed by atoms with van der Waals surface area (Å²) in [7, 11) is 2.03. The van der Waals surface area contributed by atoms with Gasteiger partial charge in [-0.2, -0.15) is 0 Å². The number of rotatable bonds is 9. The second kappa shape index (κ2) is 12.8. The van der Waals surface area contributed by atoms with Crippen LogP contribution in [0, 0.1) is 12.7 Å². The van der Waals surface area contributed by atoms with E-state index in [9.17, 15) is 4.39 Å². The third-order valence-corrected chi connectivity index (χ3v) is 5.41. The molecule has 6 heteroatoms. The molecule has 1 aromatic heterocycles. The number of aryl methyl sites for hydroxylation is 1. The second-order valence-corrected chi connectivity index (χ2v) is 8.39. The van der Waals surface area contributed by atoms with Crippen LogP contribution in [-0.2, 0) is 0 Å². The van der Waals surface area contributed by atoms with E-state index in [1.165, 1.54) is 12.1 Å². The number of allylic oxidation sites excluding steroid dienone is 1. The van der Waals surface area contributed by atoms with Gasteiger partial charge < -0.3 is 21.0 Å². The molecule has 0 spiro atoms. The highest BCUT2D eigenvalue weighted by atomic mass is 19.1. The van der Waals surface area contributed by atoms with Crippen molar-refractivity contribution in [2.24, 2.45) is 0 Å². The summed E-state index contributed by atoms with van der Waals surface area (Å²) in [6.07, 6.45) is 2.04. The van der Waals surface area contributed by atoms with Gasteiger partial charge in [-0.1, -0.05) is 44.2 Å². The van der Waals surface area contributed by atoms with Gasteiger partial charge in [-0.05, 0) is 49.3 Å². The number of nitrogens with zero attached hydrogens (tertiary/aromatic N) is 1.